The summed E-state index contributed by atoms with van der Waals surface area (Å²) in [6.45, 7) is 4.15. The van der Waals surface area contributed by atoms with E-state index in [1.54, 1.807) is 17.0 Å². The molecular formula is C15H18F2N2O2. The molecule has 0 spiro atoms. The predicted molar refractivity (Wildman–Crippen MR) is 75.6 cm³/mol. The summed E-state index contributed by atoms with van der Waals surface area (Å²) in [5.41, 5.74) is 0.176. The van der Waals surface area contributed by atoms with Gasteiger partial charge in [-0.2, -0.15) is 8.78 Å². The van der Waals surface area contributed by atoms with Gasteiger partial charge in [0.15, 0.2) is 0 Å². The van der Waals surface area contributed by atoms with Crippen LogP contribution in [0.4, 0.5) is 8.78 Å². The monoisotopic (exact) mass is 296 g/mol. The van der Waals surface area contributed by atoms with Gasteiger partial charge in [0.25, 0.3) is 5.91 Å². The van der Waals surface area contributed by atoms with Crippen molar-refractivity contribution in [3.63, 3.8) is 0 Å². The maximum atomic E-state index is 12.4. The molecule has 0 bridgehead atoms. The number of benzene rings is 1. The van der Waals surface area contributed by atoms with Crippen LogP contribution in [0.25, 0.3) is 0 Å². The van der Waals surface area contributed by atoms with Gasteiger partial charge in [0.05, 0.1) is 5.56 Å². The Morgan fingerprint density at radius 1 is 1.29 bits per heavy atom. The molecule has 21 heavy (non-hydrogen) atoms. The summed E-state index contributed by atoms with van der Waals surface area (Å²) in [6, 6.07) is 6.10. The zero-order valence-electron chi connectivity index (χ0n) is 11.7. The van der Waals surface area contributed by atoms with E-state index in [-0.39, 0.29) is 17.2 Å². The normalized spacial score (nSPS) is 16.0. The van der Waals surface area contributed by atoms with Crippen molar-refractivity contribution in [2.24, 2.45) is 0 Å². The molecule has 114 valence electrons. The summed E-state index contributed by atoms with van der Waals surface area (Å²) in [4.78, 5) is 16.3. The van der Waals surface area contributed by atoms with Gasteiger partial charge in [0.2, 0.25) is 0 Å². The maximum Gasteiger partial charge on any atom is 0.387 e. The molecule has 6 heteroatoms. The van der Waals surface area contributed by atoms with Gasteiger partial charge in [-0.05, 0) is 12.1 Å². The Kier molecular flexibility index (Phi) is 5.27. The zero-order valence-corrected chi connectivity index (χ0v) is 11.7. The van der Waals surface area contributed by atoms with E-state index in [1.807, 2.05) is 6.08 Å². The molecule has 1 aliphatic heterocycles. The summed E-state index contributed by atoms with van der Waals surface area (Å²) < 4.78 is 29.2. The highest BCUT2D eigenvalue weighted by Gasteiger charge is 2.24. The third-order valence-corrected chi connectivity index (χ3v) is 3.38. The molecule has 1 aromatic rings. The van der Waals surface area contributed by atoms with Crippen LogP contribution in [-0.2, 0) is 0 Å². The average molecular weight is 296 g/mol. The van der Waals surface area contributed by atoms with Crippen LogP contribution in [0.5, 0.6) is 5.75 Å². The molecule has 1 heterocycles. The second-order valence-electron chi connectivity index (χ2n) is 4.76. The van der Waals surface area contributed by atoms with E-state index in [0.29, 0.717) is 13.1 Å². The van der Waals surface area contributed by atoms with Gasteiger partial charge in [0.1, 0.15) is 5.75 Å². The lowest BCUT2D eigenvalue weighted by Crippen LogP contribution is -2.48. The quantitative estimate of drug-likeness (QED) is 0.781. The summed E-state index contributed by atoms with van der Waals surface area (Å²) in [7, 11) is 0. The number of piperazine rings is 1. The molecule has 2 rings (SSSR count). The van der Waals surface area contributed by atoms with Gasteiger partial charge < -0.3 is 9.64 Å². The van der Waals surface area contributed by atoms with Crippen LogP contribution >= 0.6 is 0 Å². The number of halogens is 2. The molecule has 1 saturated heterocycles. The van der Waals surface area contributed by atoms with Gasteiger partial charge in [-0.1, -0.05) is 18.2 Å². The van der Waals surface area contributed by atoms with E-state index < -0.39 is 6.61 Å². The molecule has 0 atom stereocenters. The van der Waals surface area contributed by atoms with Crippen LogP contribution in [-0.4, -0.2) is 55.0 Å². The highest BCUT2D eigenvalue weighted by Crippen LogP contribution is 2.22. The third-order valence-electron chi connectivity index (χ3n) is 3.38. The molecule has 0 aliphatic carbocycles. The number of para-hydroxylation sites is 1. The second-order valence-corrected chi connectivity index (χ2v) is 4.76. The Labute approximate surface area is 122 Å². The minimum Gasteiger partial charge on any atom is -0.434 e. The first-order chi connectivity index (χ1) is 10.1. The van der Waals surface area contributed by atoms with Crippen molar-refractivity contribution in [1.29, 1.82) is 0 Å². The Hall–Kier alpha value is -1.95. The van der Waals surface area contributed by atoms with Crippen LogP contribution in [0.3, 0.4) is 0 Å². The van der Waals surface area contributed by atoms with Crippen LogP contribution in [0, 0.1) is 0 Å². The van der Waals surface area contributed by atoms with Crippen molar-refractivity contribution in [2.75, 3.05) is 32.7 Å². The minimum atomic E-state index is -2.94. The molecule has 0 saturated carbocycles. The number of ether oxygens (including phenoxy) is 1. The first-order valence-corrected chi connectivity index (χ1v) is 6.78. The van der Waals surface area contributed by atoms with Gasteiger partial charge in [-0.15, -0.1) is 6.58 Å². The van der Waals surface area contributed by atoms with Gasteiger partial charge in [-0.25, -0.2) is 0 Å². The van der Waals surface area contributed by atoms with Gasteiger partial charge >= 0.3 is 6.61 Å². The Bertz CT molecular complexity index is 500. The van der Waals surface area contributed by atoms with E-state index in [2.05, 4.69) is 16.2 Å². The number of hydrogen-bond acceptors (Lipinski definition) is 3. The molecule has 1 amide bonds. The van der Waals surface area contributed by atoms with E-state index in [0.717, 1.165) is 19.6 Å². The minimum absolute atomic E-state index is 0.0778. The van der Waals surface area contributed by atoms with Crippen molar-refractivity contribution < 1.29 is 18.3 Å². The first kappa shape index (κ1) is 15.4. The molecule has 0 aromatic heterocycles. The first-order valence-electron chi connectivity index (χ1n) is 6.78. The number of amides is 1. The molecule has 0 unspecified atom stereocenters. The average Bonchev–Trinajstić information content (AvgIpc) is 2.48. The van der Waals surface area contributed by atoms with Crippen molar-refractivity contribution >= 4 is 5.91 Å². The SMILES string of the molecule is C=CCN1CCN(C(=O)c2ccccc2OC(F)F)CC1. The third kappa shape index (κ3) is 4.01. The molecule has 0 radical (unpaired) electrons. The topological polar surface area (TPSA) is 32.8 Å². The molecular weight excluding hydrogens is 278 g/mol. The highest BCUT2D eigenvalue weighted by molar-refractivity contribution is 5.97. The number of alkyl halides is 2. The lowest BCUT2D eigenvalue weighted by atomic mass is 10.1. The smallest absolute Gasteiger partial charge is 0.387 e. The number of carbonyl (C=O) groups excluding carboxylic acids is 1. The lowest BCUT2D eigenvalue weighted by molar-refractivity contribution is -0.0503. The molecule has 4 nitrogen and oxygen atoms in total. The number of hydrogen-bond donors (Lipinski definition) is 0. The standard InChI is InChI=1S/C15H18F2N2O2/c1-2-7-18-8-10-19(11-9-18)14(20)12-5-3-4-6-13(12)21-15(16)17/h2-6,15H,1,7-11H2. The summed E-state index contributed by atoms with van der Waals surface area (Å²) in [5.74, 6) is -0.351. The fourth-order valence-electron chi connectivity index (χ4n) is 2.33. The predicted octanol–water partition coefficient (Wildman–Crippen LogP) is 2.23. The summed E-state index contributed by atoms with van der Waals surface area (Å²) in [6.07, 6.45) is 1.82. The Morgan fingerprint density at radius 2 is 1.95 bits per heavy atom. The Balaban J connectivity index is 2.05. The summed E-state index contributed by atoms with van der Waals surface area (Å²) in [5, 5.41) is 0. The number of rotatable bonds is 5. The largest absolute Gasteiger partial charge is 0.434 e. The van der Waals surface area contributed by atoms with E-state index in [4.69, 9.17) is 0 Å². The number of carbonyl (C=O) groups is 1. The molecule has 1 aromatic carbocycles. The van der Waals surface area contributed by atoms with E-state index in [9.17, 15) is 13.6 Å². The van der Waals surface area contributed by atoms with Crippen LogP contribution in [0.15, 0.2) is 36.9 Å². The van der Waals surface area contributed by atoms with Crippen molar-refractivity contribution in [3.8, 4) is 5.75 Å². The fourth-order valence-corrected chi connectivity index (χ4v) is 2.33. The van der Waals surface area contributed by atoms with Gasteiger partial charge in [-0.3, -0.25) is 9.69 Å². The second kappa shape index (κ2) is 7.17. The van der Waals surface area contributed by atoms with Crippen molar-refractivity contribution in [3.05, 3.63) is 42.5 Å². The van der Waals surface area contributed by atoms with Crippen molar-refractivity contribution in [1.82, 2.24) is 9.80 Å². The molecule has 1 fully saturated rings. The van der Waals surface area contributed by atoms with Crippen LogP contribution in [0.1, 0.15) is 10.4 Å². The van der Waals surface area contributed by atoms with E-state index in [1.165, 1.54) is 12.1 Å². The van der Waals surface area contributed by atoms with Crippen molar-refractivity contribution in [2.45, 2.75) is 6.61 Å². The number of nitrogens with zero attached hydrogens (tertiary/aromatic N) is 2. The van der Waals surface area contributed by atoms with Crippen LogP contribution in [0.2, 0.25) is 0 Å². The summed E-state index contributed by atoms with van der Waals surface area (Å²) >= 11 is 0. The van der Waals surface area contributed by atoms with E-state index >= 15 is 0 Å². The van der Waals surface area contributed by atoms with Crippen LogP contribution < -0.4 is 4.74 Å². The lowest BCUT2D eigenvalue weighted by Gasteiger charge is -2.34. The highest BCUT2D eigenvalue weighted by atomic mass is 19.3. The van der Waals surface area contributed by atoms with Gasteiger partial charge in [0, 0.05) is 32.7 Å². The molecule has 1 aliphatic rings. The Morgan fingerprint density at radius 3 is 2.57 bits per heavy atom. The molecule has 0 N–H and O–H groups in total. The fraction of sp³-hybridized carbons (Fsp3) is 0.400. The maximum absolute atomic E-state index is 12.4. The zero-order chi connectivity index (χ0) is 15.2.